The average molecular weight is 561 g/mol. The number of ether oxygens (including phenoxy) is 1. The number of rotatable bonds is 7. The molecule has 3 aromatic heterocycles. The van der Waals surface area contributed by atoms with E-state index in [9.17, 15) is 19.6 Å². The lowest BCUT2D eigenvalue weighted by molar-refractivity contribution is 0.0283. The molecule has 41 heavy (non-hydrogen) atoms. The number of piperidine rings is 1. The largest absolute Gasteiger partial charge is 0.489 e. The van der Waals surface area contributed by atoms with Crippen LogP contribution in [0.1, 0.15) is 55.1 Å². The summed E-state index contributed by atoms with van der Waals surface area (Å²) in [6.45, 7) is 6.30. The highest BCUT2D eigenvalue weighted by molar-refractivity contribution is 5.93. The Balaban J connectivity index is 1.39. The third-order valence-corrected chi connectivity index (χ3v) is 7.50. The predicted molar refractivity (Wildman–Crippen MR) is 149 cm³/mol. The van der Waals surface area contributed by atoms with Crippen molar-refractivity contribution in [2.24, 2.45) is 5.73 Å². The van der Waals surface area contributed by atoms with Crippen molar-refractivity contribution < 1.29 is 23.4 Å². The Labute approximate surface area is 235 Å². The van der Waals surface area contributed by atoms with Crippen molar-refractivity contribution in [3.8, 4) is 22.9 Å². The van der Waals surface area contributed by atoms with Crippen LogP contribution in [0.25, 0.3) is 16.6 Å². The molecule has 0 saturated carbocycles. The molecule has 9 nitrogen and oxygen atoms in total. The second-order valence-electron chi connectivity index (χ2n) is 11.3. The minimum absolute atomic E-state index is 0.0682. The van der Waals surface area contributed by atoms with Gasteiger partial charge in [-0.1, -0.05) is 6.92 Å². The van der Waals surface area contributed by atoms with Crippen LogP contribution in [0, 0.1) is 23.0 Å². The Morgan fingerprint density at radius 2 is 1.95 bits per heavy atom. The van der Waals surface area contributed by atoms with Crippen LogP contribution in [-0.2, 0) is 5.41 Å². The molecule has 11 heteroatoms. The van der Waals surface area contributed by atoms with Crippen molar-refractivity contribution in [1.29, 1.82) is 5.26 Å². The zero-order valence-corrected chi connectivity index (χ0v) is 23.0. The SMILES string of the molecule is CC(C)(O)COc1cc(-c2ccc(N3CCC(C)(c4cc(F)cc(C(N)=O)c4F)CC3)nc2)c2c(C#N)cnn2c1. The molecule has 3 N–H and O–H groups in total. The summed E-state index contributed by atoms with van der Waals surface area (Å²) in [5, 5.41) is 24.0. The monoisotopic (exact) mass is 560 g/mol. The van der Waals surface area contributed by atoms with Crippen LogP contribution in [0.4, 0.5) is 14.6 Å². The van der Waals surface area contributed by atoms with Gasteiger partial charge in [0.05, 0.1) is 34.6 Å². The molecular weight excluding hydrogens is 530 g/mol. The number of aromatic nitrogens is 3. The fraction of sp³-hybridized carbons (Fsp3) is 0.333. The van der Waals surface area contributed by atoms with Gasteiger partial charge in [-0.25, -0.2) is 18.3 Å². The van der Waals surface area contributed by atoms with Gasteiger partial charge in [0.1, 0.15) is 35.9 Å². The van der Waals surface area contributed by atoms with Crippen LogP contribution in [0.3, 0.4) is 0 Å². The van der Waals surface area contributed by atoms with E-state index >= 15 is 4.39 Å². The first-order chi connectivity index (χ1) is 19.4. The molecule has 212 valence electrons. The highest BCUT2D eigenvalue weighted by Gasteiger charge is 2.36. The van der Waals surface area contributed by atoms with E-state index in [1.165, 1.54) is 6.20 Å². The third-order valence-electron chi connectivity index (χ3n) is 7.50. The maximum Gasteiger partial charge on any atom is 0.251 e. The number of anilines is 1. The summed E-state index contributed by atoms with van der Waals surface area (Å²) in [5.41, 5.74) is 5.70. The molecule has 1 aromatic carbocycles. The van der Waals surface area contributed by atoms with Gasteiger partial charge in [0.2, 0.25) is 0 Å². The molecule has 0 radical (unpaired) electrons. The molecule has 0 bridgehead atoms. The third kappa shape index (κ3) is 5.56. The summed E-state index contributed by atoms with van der Waals surface area (Å²) >= 11 is 0. The number of carbonyl (C=O) groups excluding carboxylic acids is 1. The van der Waals surface area contributed by atoms with E-state index in [-0.39, 0.29) is 12.2 Å². The topological polar surface area (TPSA) is 130 Å². The molecule has 1 fully saturated rings. The summed E-state index contributed by atoms with van der Waals surface area (Å²) in [6.07, 6.45) is 5.87. The van der Waals surface area contributed by atoms with Crippen molar-refractivity contribution in [3.05, 3.63) is 77.2 Å². The molecule has 1 aliphatic rings. The molecule has 1 amide bonds. The van der Waals surface area contributed by atoms with E-state index in [1.807, 2.05) is 19.1 Å². The standard InChI is InChI=1S/C30H30F2N6O3/c1-29(2,40)17-41-21-12-22(27-19(13-33)15-36-38(27)16-21)18-4-5-25(35-14-18)37-8-6-30(3,7-9-37)24-11-20(31)10-23(26(24)32)28(34)39/h4-5,10-12,14-16,40H,6-9,17H2,1-3H3,(H2,34,39). The fourth-order valence-corrected chi connectivity index (χ4v) is 5.18. The van der Waals surface area contributed by atoms with Crippen LogP contribution in [0.15, 0.2) is 48.9 Å². The molecule has 1 aliphatic heterocycles. The van der Waals surface area contributed by atoms with Gasteiger partial charge in [0.15, 0.2) is 0 Å². The highest BCUT2D eigenvalue weighted by Crippen LogP contribution is 2.39. The van der Waals surface area contributed by atoms with Crippen LogP contribution in [-0.4, -0.2) is 50.9 Å². The van der Waals surface area contributed by atoms with Gasteiger partial charge >= 0.3 is 0 Å². The number of nitriles is 1. The van der Waals surface area contributed by atoms with Gasteiger partial charge in [-0.3, -0.25) is 4.79 Å². The number of benzene rings is 1. The quantitative estimate of drug-likeness (QED) is 0.344. The second-order valence-corrected chi connectivity index (χ2v) is 11.3. The first-order valence-corrected chi connectivity index (χ1v) is 13.2. The maximum atomic E-state index is 15.1. The van der Waals surface area contributed by atoms with Gasteiger partial charge in [-0.2, -0.15) is 10.4 Å². The molecule has 4 aromatic rings. The number of hydrogen-bond donors (Lipinski definition) is 2. The van der Waals surface area contributed by atoms with E-state index in [2.05, 4.69) is 21.1 Å². The summed E-state index contributed by atoms with van der Waals surface area (Å²) in [5.74, 6) is -1.27. The number of amides is 1. The molecule has 0 aliphatic carbocycles. The molecule has 4 heterocycles. The lowest BCUT2D eigenvalue weighted by Crippen LogP contribution is -2.42. The van der Waals surface area contributed by atoms with Gasteiger partial charge in [0, 0.05) is 30.4 Å². The zero-order valence-electron chi connectivity index (χ0n) is 23.0. The van der Waals surface area contributed by atoms with Crippen molar-refractivity contribution in [1.82, 2.24) is 14.6 Å². The minimum Gasteiger partial charge on any atom is -0.489 e. The number of nitrogens with two attached hydrogens (primary N) is 1. The maximum absolute atomic E-state index is 15.1. The number of aliphatic hydroxyl groups is 1. The van der Waals surface area contributed by atoms with Gasteiger partial charge < -0.3 is 20.5 Å². The first kappa shape index (κ1) is 28.0. The number of hydrogen-bond acceptors (Lipinski definition) is 7. The van der Waals surface area contributed by atoms with Crippen molar-refractivity contribution in [2.75, 3.05) is 24.6 Å². The Hall–Kier alpha value is -4.56. The van der Waals surface area contributed by atoms with E-state index in [0.29, 0.717) is 54.1 Å². The predicted octanol–water partition coefficient (Wildman–Crippen LogP) is 4.35. The number of nitrogens with zero attached hydrogens (tertiary/aromatic N) is 5. The number of fused-ring (bicyclic) bond motifs is 1. The van der Waals surface area contributed by atoms with E-state index in [4.69, 9.17) is 10.5 Å². The Kier molecular flexibility index (Phi) is 7.13. The Morgan fingerprint density at radius 3 is 2.56 bits per heavy atom. The number of pyridine rings is 2. The van der Waals surface area contributed by atoms with Gasteiger partial charge in [-0.05, 0) is 68.0 Å². The van der Waals surface area contributed by atoms with Gasteiger partial charge in [0.25, 0.3) is 5.91 Å². The molecule has 0 unspecified atom stereocenters. The number of halogens is 2. The summed E-state index contributed by atoms with van der Waals surface area (Å²) in [7, 11) is 0. The zero-order chi connectivity index (χ0) is 29.5. The normalized spacial score (nSPS) is 15.1. The lowest BCUT2D eigenvalue weighted by atomic mass is 9.73. The summed E-state index contributed by atoms with van der Waals surface area (Å²) in [4.78, 5) is 18.4. The minimum atomic E-state index is -1.03. The van der Waals surface area contributed by atoms with E-state index < -0.39 is 34.1 Å². The smallest absolute Gasteiger partial charge is 0.251 e. The molecular formula is C30H30F2N6O3. The number of carbonyl (C=O) groups is 1. The summed E-state index contributed by atoms with van der Waals surface area (Å²) < 4.78 is 36.7. The lowest BCUT2D eigenvalue weighted by Gasteiger charge is -2.40. The molecule has 0 spiro atoms. The number of primary amides is 1. The van der Waals surface area contributed by atoms with Crippen molar-refractivity contribution in [2.45, 2.75) is 44.6 Å². The fourth-order valence-electron chi connectivity index (χ4n) is 5.18. The van der Waals surface area contributed by atoms with E-state index in [1.54, 1.807) is 36.8 Å². The van der Waals surface area contributed by atoms with Crippen LogP contribution < -0.4 is 15.4 Å². The first-order valence-electron chi connectivity index (χ1n) is 13.2. The molecule has 1 saturated heterocycles. The van der Waals surface area contributed by atoms with Crippen molar-refractivity contribution >= 4 is 17.2 Å². The molecule has 5 rings (SSSR count). The van der Waals surface area contributed by atoms with Crippen LogP contribution >= 0.6 is 0 Å². The van der Waals surface area contributed by atoms with Crippen LogP contribution in [0.5, 0.6) is 5.75 Å². The van der Waals surface area contributed by atoms with Gasteiger partial charge in [-0.15, -0.1) is 0 Å². The molecule has 0 atom stereocenters. The van der Waals surface area contributed by atoms with E-state index in [0.717, 1.165) is 17.7 Å². The van der Waals surface area contributed by atoms with Crippen molar-refractivity contribution in [3.63, 3.8) is 0 Å². The summed E-state index contributed by atoms with van der Waals surface area (Å²) in [6, 6.07) is 9.70. The Morgan fingerprint density at radius 1 is 1.22 bits per heavy atom. The Bertz CT molecular complexity index is 1660. The second kappa shape index (κ2) is 10.4. The average Bonchev–Trinajstić information content (AvgIpc) is 3.36. The van der Waals surface area contributed by atoms with Crippen LogP contribution in [0.2, 0.25) is 0 Å². The highest BCUT2D eigenvalue weighted by atomic mass is 19.1.